The fourth-order valence-electron chi connectivity index (χ4n) is 6.75. The molecule has 0 spiro atoms. The molecule has 0 aromatic heterocycles. The highest BCUT2D eigenvalue weighted by atomic mass is 16.7. The lowest BCUT2D eigenvalue weighted by atomic mass is 9.99. The van der Waals surface area contributed by atoms with Gasteiger partial charge < -0.3 is 45.4 Å². The number of ether oxygens (including phenoxy) is 2. The summed E-state index contributed by atoms with van der Waals surface area (Å²) >= 11 is 0. The summed E-state index contributed by atoms with van der Waals surface area (Å²) in [6.07, 6.45) is 15.7. The zero-order valence-corrected chi connectivity index (χ0v) is 32.4. The van der Waals surface area contributed by atoms with E-state index in [4.69, 9.17) is 9.47 Å². The fourth-order valence-corrected chi connectivity index (χ4v) is 6.75. The molecule has 1 aliphatic heterocycles. The third-order valence-corrected chi connectivity index (χ3v) is 10.1. The number of unbranched alkanes of at least 4 members (excludes halogenated alkanes) is 16. The Balaban J connectivity index is 2.46. The minimum absolute atomic E-state index is 0.0862. The van der Waals surface area contributed by atoms with Crippen molar-refractivity contribution in [2.24, 2.45) is 11.8 Å². The van der Waals surface area contributed by atoms with E-state index in [-0.39, 0.29) is 13.0 Å². The van der Waals surface area contributed by atoms with E-state index in [1.54, 1.807) is 0 Å². The third kappa shape index (κ3) is 22.9. The molecule has 7 N–H and O–H groups in total. The van der Waals surface area contributed by atoms with Gasteiger partial charge in [0.15, 0.2) is 6.29 Å². The number of nitrogens with one attached hydrogen (secondary N) is 1. The molecule has 10 heteroatoms. The Hall–Kier alpha value is -0.850. The maximum Gasteiger partial charge on any atom is 0.222 e. The molecular formula is C40H79NO9. The van der Waals surface area contributed by atoms with Crippen molar-refractivity contribution in [3.8, 4) is 0 Å². The third-order valence-electron chi connectivity index (χ3n) is 10.1. The Bertz CT molecular complexity index is 799. The summed E-state index contributed by atoms with van der Waals surface area (Å²) in [5, 5.41) is 64.5. The van der Waals surface area contributed by atoms with E-state index in [2.05, 4.69) is 33.0 Å². The smallest absolute Gasteiger partial charge is 0.222 e. The van der Waals surface area contributed by atoms with E-state index in [0.29, 0.717) is 12.8 Å². The summed E-state index contributed by atoms with van der Waals surface area (Å²) in [6.45, 7) is 8.29. The number of carbonyl (C=O) groups is 1. The minimum atomic E-state index is -1.58. The molecule has 0 aliphatic carbocycles. The summed E-state index contributed by atoms with van der Waals surface area (Å²) in [5.41, 5.74) is 0. The van der Waals surface area contributed by atoms with Crippen LogP contribution in [0.3, 0.4) is 0 Å². The van der Waals surface area contributed by atoms with E-state index in [0.717, 1.165) is 56.8 Å². The predicted molar refractivity (Wildman–Crippen MR) is 200 cm³/mol. The van der Waals surface area contributed by atoms with Crippen molar-refractivity contribution in [3.63, 3.8) is 0 Å². The lowest BCUT2D eigenvalue weighted by Gasteiger charge is -2.40. The second kappa shape index (κ2) is 29.6. The molecule has 0 unspecified atom stereocenters. The summed E-state index contributed by atoms with van der Waals surface area (Å²) in [4.78, 5) is 12.9. The van der Waals surface area contributed by atoms with Crippen LogP contribution in [0, 0.1) is 11.8 Å². The molecule has 0 bridgehead atoms. The highest BCUT2D eigenvalue weighted by Crippen LogP contribution is 2.23. The van der Waals surface area contributed by atoms with Crippen molar-refractivity contribution < 1.29 is 44.9 Å². The van der Waals surface area contributed by atoms with Gasteiger partial charge in [-0.1, -0.05) is 156 Å². The SMILES string of the molecule is CC(C)CCCCCCCCCCC[C@H](O)CC(=O)N[C@@H](CO[C@H]1O[C@H](CO)[C@H](O)[C@H](O)[C@H]1O)[C@H](O)CCCCCCCCCCCC(C)C. The van der Waals surface area contributed by atoms with E-state index in [9.17, 15) is 35.4 Å². The van der Waals surface area contributed by atoms with Crippen molar-refractivity contribution in [1.29, 1.82) is 0 Å². The molecule has 1 saturated heterocycles. The molecule has 1 fully saturated rings. The fraction of sp³-hybridized carbons (Fsp3) is 0.975. The van der Waals surface area contributed by atoms with Gasteiger partial charge in [0.2, 0.25) is 5.91 Å². The van der Waals surface area contributed by atoms with E-state index in [1.165, 1.54) is 83.5 Å². The van der Waals surface area contributed by atoms with Crippen LogP contribution >= 0.6 is 0 Å². The maximum atomic E-state index is 12.9. The van der Waals surface area contributed by atoms with Crippen LogP contribution in [0.15, 0.2) is 0 Å². The van der Waals surface area contributed by atoms with Crippen molar-refractivity contribution in [2.75, 3.05) is 13.2 Å². The lowest BCUT2D eigenvalue weighted by molar-refractivity contribution is -0.302. The second-order valence-electron chi connectivity index (χ2n) is 15.9. The first-order chi connectivity index (χ1) is 24.0. The van der Waals surface area contributed by atoms with Gasteiger partial charge in [-0.15, -0.1) is 0 Å². The molecule has 8 atom stereocenters. The highest BCUT2D eigenvalue weighted by Gasteiger charge is 2.44. The van der Waals surface area contributed by atoms with Gasteiger partial charge in [0.1, 0.15) is 24.4 Å². The van der Waals surface area contributed by atoms with E-state index < -0.39 is 61.5 Å². The van der Waals surface area contributed by atoms with Crippen LogP contribution in [-0.2, 0) is 14.3 Å². The average molecular weight is 718 g/mol. The monoisotopic (exact) mass is 718 g/mol. The molecule has 0 radical (unpaired) electrons. The topological polar surface area (TPSA) is 169 Å². The molecule has 1 amide bonds. The Morgan fingerprint density at radius 1 is 0.620 bits per heavy atom. The molecular weight excluding hydrogens is 638 g/mol. The van der Waals surface area contributed by atoms with Crippen LogP contribution < -0.4 is 5.32 Å². The van der Waals surface area contributed by atoms with Crippen LogP contribution in [0.4, 0.5) is 0 Å². The van der Waals surface area contributed by atoms with Gasteiger partial charge in [-0.2, -0.15) is 0 Å². The van der Waals surface area contributed by atoms with E-state index in [1.807, 2.05) is 0 Å². The number of rotatable bonds is 32. The van der Waals surface area contributed by atoms with Gasteiger partial charge in [-0.25, -0.2) is 0 Å². The summed E-state index contributed by atoms with van der Waals surface area (Å²) in [5.74, 6) is 1.17. The maximum absolute atomic E-state index is 12.9. The molecule has 0 aromatic carbocycles. The van der Waals surface area contributed by atoms with Gasteiger partial charge in [0, 0.05) is 0 Å². The van der Waals surface area contributed by atoms with Gasteiger partial charge in [0.05, 0.1) is 37.9 Å². The van der Waals surface area contributed by atoms with Gasteiger partial charge >= 0.3 is 0 Å². The lowest BCUT2D eigenvalue weighted by Crippen LogP contribution is -2.60. The zero-order chi connectivity index (χ0) is 37.1. The van der Waals surface area contributed by atoms with Gasteiger partial charge in [-0.3, -0.25) is 4.79 Å². The van der Waals surface area contributed by atoms with Crippen LogP contribution in [0.5, 0.6) is 0 Å². The van der Waals surface area contributed by atoms with E-state index >= 15 is 0 Å². The van der Waals surface area contributed by atoms with Crippen LogP contribution in [-0.4, -0.2) is 98.7 Å². The Morgan fingerprint density at radius 3 is 1.48 bits per heavy atom. The quantitative estimate of drug-likeness (QED) is 0.0395. The van der Waals surface area contributed by atoms with Crippen LogP contribution in [0.25, 0.3) is 0 Å². The van der Waals surface area contributed by atoms with Crippen molar-refractivity contribution >= 4 is 5.91 Å². The molecule has 1 aliphatic rings. The van der Waals surface area contributed by atoms with Gasteiger partial charge in [0.25, 0.3) is 0 Å². The van der Waals surface area contributed by atoms with Crippen molar-refractivity contribution in [3.05, 3.63) is 0 Å². The number of hydrogen-bond donors (Lipinski definition) is 7. The Kier molecular flexibility index (Phi) is 27.9. The molecule has 0 aromatic rings. The number of carbonyl (C=O) groups excluding carboxylic acids is 1. The molecule has 10 nitrogen and oxygen atoms in total. The average Bonchev–Trinajstić information content (AvgIpc) is 3.07. The summed E-state index contributed by atoms with van der Waals surface area (Å²) in [6, 6.07) is -0.835. The van der Waals surface area contributed by atoms with Crippen molar-refractivity contribution in [2.45, 2.75) is 224 Å². The normalized spacial score (nSPS) is 23.0. The number of aliphatic hydroxyl groups excluding tert-OH is 6. The number of hydrogen-bond acceptors (Lipinski definition) is 9. The first-order valence-corrected chi connectivity index (χ1v) is 20.5. The highest BCUT2D eigenvalue weighted by molar-refractivity contribution is 5.76. The zero-order valence-electron chi connectivity index (χ0n) is 32.4. The molecule has 1 rings (SSSR count). The minimum Gasteiger partial charge on any atom is -0.394 e. The molecule has 0 saturated carbocycles. The molecule has 298 valence electrons. The van der Waals surface area contributed by atoms with Crippen LogP contribution in [0.2, 0.25) is 0 Å². The summed E-state index contributed by atoms with van der Waals surface area (Å²) < 4.78 is 11.2. The number of aliphatic hydroxyl groups is 6. The largest absolute Gasteiger partial charge is 0.394 e. The Morgan fingerprint density at radius 2 is 1.04 bits per heavy atom. The predicted octanol–water partition coefficient (Wildman–Crippen LogP) is 6.29. The standard InChI is InChI=1S/C40H79NO9/c1-30(2)23-19-15-11-7-5-9-13-17-21-25-32(43)27-36(45)41-33(29-49-40-39(48)38(47)37(46)35(28-42)50-40)34(44)26-22-18-14-10-6-8-12-16-20-24-31(3)4/h30-35,37-40,42-44,46-48H,5-29H2,1-4H3,(H,41,45)/t32-,33-,34+,35+,37-,38-,39+,40-/m0/s1. The second-order valence-corrected chi connectivity index (χ2v) is 15.9. The van der Waals surface area contributed by atoms with Gasteiger partial charge in [-0.05, 0) is 24.7 Å². The van der Waals surface area contributed by atoms with Crippen LogP contribution in [0.1, 0.15) is 175 Å². The summed E-state index contributed by atoms with van der Waals surface area (Å²) in [7, 11) is 0. The first-order valence-electron chi connectivity index (χ1n) is 20.5. The molecule has 50 heavy (non-hydrogen) atoms. The number of amides is 1. The molecule has 1 heterocycles. The van der Waals surface area contributed by atoms with Crippen molar-refractivity contribution in [1.82, 2.24) is 5.32 Å². The Labute approximate surface area is 305 Å². The first kappa shape index (κ1) is 47.2.